The minimum atomic E-state index is -0.960. The number of hydrogen-bond acceptors (Lipinski definition) is 4. The van der Waals surface area contributed by atoms with Gasteiger partial charge in [0, 0.05) is 13.1 Å². The van der Waals surface area contributed by atoms with E-state index in [1.165, 1.54) is 4.90 Å². The molecule has 0 spiro atoms. The largest absolute Gasteiger partial charge is 0.465 e. The molecule has 0 bridgehead atoms. The van der Waals surface area contributed by atoms with E-state index in [1.807, 2.05) is 30.3 Å². The lowest BCUT2D eigenvalue weighted by atomic mass is 10.1. The second-order valence-electron chi connectivity index (χ2n) is 4.66. The number of carbonyl (C=O) groups excluding carboxylic acids is 3. The van der Waals surface area contributed by atoms with Gasteiger partial charge in [-0.05, 0) is 18.9 Å². The minimum absolute atomic E-state index is 0.128. The number of benzene rings is 1. The van der Waals surface area contributed by atoms with E-state index in [0.29, 0.717) is 13.0 Å². The molecule has 1 heterocycles. The lowest BCUT2D eigenvalue weighted by molar-refractivity contribution is -0.151. The summed E-state index contributed by atoms with van der Waals surface area (Å²) in [5, 5.41) is 0. The summed E-state index contributed by atoms with van der Waals surface area (Å²) in [6, 6.07) is 9.70. The first kappa shape index (κ1) is 14.2. The van der Waals surface area contributed by atoms with Gasteiger partial charge in [0.25, 0.3) is 5.91 Å². The molecule has 2 rings (SSSR count). The lowest BCUT2D eigenvalue weighted by Gasteiger charge is -2.15. The molecule has 5 heteroatoms. The zero-order valence-electron chi connectivity index (χ0n) is 11.4. The van der Waals surface area contributed by atoms with Crippen LogP contribution in [0.4, 0.5) is 0 Å². The fourth-order valence-corrected chi connectivity index (χ4v) is 2.22. The molecule has 1 aromatic carbocycles. The molecule has 0 N–H and O–H groups in total. The van der Waals surface area contributed by atoms with Gasteiger partial charge in [0.05, 0.1) is 6.61 Å². The highest BCUT2D eigenvalue weighted by Gasteiger charge is 2.43. The van der Waals surface area contributed by atoms with E-state index in [4.69, 9.17) is 4.74 Å². The van der Waals surface area contributed by atoms with Gasteiger partial charge in [0.15, 0.2) is 0 Å². The molecule has 1 aliphatic heterocycles. The van der Waals surface area contributed by atoms with Crippen LogP contribution in [0.1, 0.15) is 12.5 Å². The van der Waals surface area contributed by atoms with E-state index in [0.717, 1.165) is 5.56 Å². The second kappa shape index (κ2) is 6.32. The van der Waals surface area contributed by atoms with Gasteiger partial charge in [-0.15, -0.1) is 0 Å². The van der Waals surface area contributed by atoms with Gasteiger partial charge in [0.2, 0.25) is 5.78 Å². The number of hydrogen-bond donors (Lipinski definition) is 0. The third-order valence-corrected chi connectivity index (χ3v) is 3.30. The monoisotopic (exact) mass is 275 g/mol. The Morgan fingerprint density at radius 1 is 1.30 bits per heavy atom. The quantitative estimate of drug-likeness (QED) is 0.453. The zero-order chi connectivity index (χ0) is 14.5. The van der Waals surface area contributed by atoms with Crippen LogP contribution in [0.5, 0.6) is 0 Å². The maximum absolute atomic E-state index is 11.8. The average Bonchev–Trinajstić information content (AvgIpc) is 2.74. The highest BCUT2D eigenvalue weighted by molar-refractivity contribution is 6.42. The Kier molecular flexibility index (Phi) is 4.50. The van der Waals surface area contributed by atoms with Crippen LogP contribution in [0.3, 0.4) is 0 Å². The maximum atomic E-state index is 11.8. The number of amides is 1. The fourth-order valence-electron chi connectivity index (χ4n) is 2.22. The molecule has 1 atom stereocenters. The number of likely N-dealkylation sites (tertiary alicyclic amines) is 1. The van der Waals surface area contributed by atoms with Crippen LogP contribution in [0.15, 0.2) is 30.3 Å². The van der Waals surface area contributed by atoms with Crippen molar-refractivity contribution in [2.75, 3.05) is 19.7 Å². The maximum Gasteiger partial charge on any atom is 0.318 e. The Hall–Kier alpha value is -2.17. The molecule has 1 aromatic rings. The number of nitrogens with zero attached hydrogens (tertiary/aromatic N) is 1. The minimum Gasteiger partial charge on any atom is -0.465 e. The molecule has 0 radical (unpaired) electrons. The summed E-state index contributed by atoms with van der Waals surface area (Å²) in [6.45, 7) is 2.45. The molecule has 20 heavy (non-hydrogen) atoms. The van der Waals surface area contributed by atoms with Crippen LogP contribution in [-0.4, -0.2) is 42.3 Å². The molecule has 1 aliphatic rings. The predicted molar refractivity (Wildman–Crippen MR) is 71.9 cm³/mol. The van der Waals surface area contributed by atoms with Gasteiger partial charge >= 0.3 is 5.97 Å². The highest BCUT2D eigenvalue weighted by Crippen LogP contribution is 2.16. The van der Waals surface area contributed by atoms with E-state index in [1.54, 1.807) is 6.92 Å². The summed E-state index contributed by atoms with van der Waals surface area (Å²) in [7, 11) is 0. The summed E-state index contributed by atoms with van der Waals surface area (Å²) < 4.78 is 4.82. The molecule has 0 unspecified atom stereocenters. The number of rotatable bonds is 5. The third-order valence-electron chi connectivity index (χ3n) is 3.30. The summed E-state index contributed by atoms with van der Waals surface area (Å²) in [5.41, 5.74) is 1.09. The highest BCUT2D eigenvalue weighted by atomic mass is 16.5. The summed E-state index contributed by atoms with van der Waals surface area (Å²) >= 11 is 0. The smallest absolute Gasteiger partial charge is 0.318 e. The first-order valence-corrected chi connectivity index (χ1v) is 6.67. The number of ether oxygens (including phenoxy) is 1. The fraction of sp³-hybridized carbons (Fsp3) is 0.400. The average molecular weight is 275 g/mol. The molecule has 106 valence electrons. The van der Waals surface area contributed by atoms with Crippen LogP contribution in [0.2, 0.25) is 0 Å². The SMILES string of the molecule is CCOC(=O)[C@@H]1CN(CCc2ccccc2)C(=O)C1=O. The van der Waals surface area contributed by atoms with Crippen molar-refractivity contribution in [3.8, 4) is 0 Å². The Balaban J connectivity index is 1.95. The normalized spacial score (nSPS) is 18.4. The number of esters is 1. The predicted octanol–water partition coefficient (Wildman–Crippen LogP) is 0.820. The summed E-state index contributed by atoms with van der Waals surface area (Å²) in [4.78, 5) is 36.6. The molecule has 0 aromatic heterocycles. The molecule has 1 amide bonds. The van der Waals surface area contributed by atoms with Gasteiger partial charge in [-0.25, -0.2) is 0 Å². The van der Waals surface area contributed by atoms with E-state index < -0.39 is 23.6 Å². The molecule has 1 fully saturated rings. The van der Waals surface area contributed by atoms with Gasteiger partial charge < -0.3 is 9.64 Å². The van der Waals surface area contributed by atoms with Crippen LogP contribution in [0.25, 0.3) is 0 Å². The van der Waals surface area contributed by atoms with Gasteiger partial charge in [-0.1, -0.05) is 30.3 Å². The Morgan fingerprint density at radius 2 is 2.00 bits per heavy atom. The van der Waals surface area contributed by atoms with Crippen LogP contribution in [0, 0.1) is 5.92 Å². The van der Waals surface area contributed by atoms with Crippen molar-refractivity contribution in [3.63, 3.8) is 0 Å². The summed E-state index contributed by atoms with van der Waals surface area (Å²) in [6.07, 6.45) is 0.662. The lowest BCUT2D eigenvalue weighted by Crippen LogP contribution is -2.29. The second-order valence-corrected chi connectivity index (χ2v) is 4.66. The van der Waals surface area contributed by atoms with Crippen molar-refractivity contribution in [2.24, 2.45) is 5.92 Å². The Bertz CT molecular complexity index is 512. The topological polar surface area (TPSA) is 63.7 Å². The van der Waals surface area contributed by atoms with Gasteiger partial charge in [0.1, 0.15) is 5.92 Å². The molecular formula is C15H17NO4. The third kappa shape index (κ3) is 3.04. The number of Topliss-reactive ketones (excluding diaryl/α,β-unsaturated/α-hetero) is 1. The number of ketones is 1. The van der Waals surface area contributed by atoms with E-state index >= 15 is 0 Å². The van der Waals surface area contributed by atoms with E-state index in [9.17, 15) is 14.4 Å². The molecular weight excluding hydrogens is 258 g/mol. The van der Waals surface area contributed by atoms with E-state index in [2.05, 4.69) is 0 Å². The van der Waals surface area contributed by atoms with Crippen LogP contribution >= 0.6 is 0 Å². The van der Waals surface area contributed by atoms with Crippen molar-refractivity contribution in [2.45, 2.75) is 13.3 Å². The number of carbonyl (C=O) groups is 3. The molecule has 5 nitrogen and oxygen atoms in total. The standard InChI is InChI=1S/C15H17NO4/c1-2-20-15(19)12-10-16(14(18)13(12)17)9-8-11-6-4-3-5-7-11/h3-7,12H,2,8-10H2,1H3/t12-/m1/s1. The van der Waals surface area contributed by atoms with Crippen molar-refractivity contribution < 1.29 is 19.1 Å². The van der Waals surface area contributed by atoms with Crippen molar-refractivity contribution in [1.82, 2.24) is 4.90 Å². The van der Waals surface area contributed by atoms with E-state index in [-0.39, 0.29) is 13.2 Å². The molecule has 0 aliphatic carbocycles. The van der Waals surface area contributed by atoms with Crippen LogP contribution in [-0.2, 0) is 25.5 Å². The van der Waals surface area contributed by atoms with Crippen molar-refractivity contribution in [3.05, 3.63) is 35.9 Å². The first-order chi connectivity index (χ1) is 9.63. The zero-order valence-corrected chi connectivity index (χ0v) is 11.4. The van der Waals surface area contributed by atoms with Crippen LogP contribution < -0.4 is 0 Å². The summed E-state index contributed by atoms with van der Waals surface area (Å²) in [5.74, 6) is -2.80. The Morgan fingerprint density at radius 3 is 2.65 bits per heavy atom. The first-order valence-electron chi connectivity index (χ1n) is 6.67. The molecule has 1 saturated heterocycles. The van der Waals surface area contributed by atoms with Crippen molar-refractivity contribution >= 4 is 17.7 Å². The van der Waals surface area contributed by atoms with Gasteiger partial charge in [-0.2, -0.15) is 0 Å². The Labute approximate surface area is 117 Å². The van der Waals surface area contributed by atoms with Crippen molar-refractivity contribution in [1.29, 1.82) is 0 Å². The molecule has 0 saturated carbocycles. The van der Waals surface area contributed by atoms with Gasteiger partial charge in [-0.3, -0.25) is 14.4 Å².